The molecule has 2 amide bonds. The number of benzene rings is 1. The van der Waals surface area contributed by atoms with Gasteiger partial charge < -0.3 is 20.6 Å². The lowest BCUT2D eigenvalue weighted by Gasteiger charge is -2.36. The first-order chi connectivity index (χ1) is 17.1. The number of rotatable bonds is 18. The SMILES string of the molecule is CCCCCCCCC[C@@H](C(=O)N[C@H]([C@H](O)CCO)C(C)(C)C)[C@H](O)C(=O)NOCc1ccccc1. The molecule has 206 valence electrons. The molecule has 0 fully saturated rings. The molecule has 0 saturated carbocycles. The van der Waals surface area contributed by atoms with Crippen LogP contribution in [-0.4, -0.2) is 52.0 Å². The van der Waals surface area contributed by atoms with Crippen molar-refractivity contribution in [1.82, 2.24) is 10.8 Å². The molecule has 0 heterocycles. The molecule has 0 aliphatic heterocycles. The Labute approximate surface area is 216 Å². The van der Waals surface area contributed by atoms with Gasteiger partial charge in [-0.1, -0.05) is 103 Å². The van der Waals surface area contributed by atoms with E-state index in [0.29, 0.717) is 12.8 Å². The molecule has 1 aromatic rings. The average molecular weight is 509 g/mol. The van der Waals surface area contributed by atoms with Gasteiger partial charge in [0.2, 0.25) is 5.91 Å². The summed E-state index contributed by atoms with van der Waals surface area (Å²) in [5, 5.41) is 33.5. The van der Waals surface area contributed by atoms with Crippen LogP contribution < -0.4 is 10.8 Å². The first-order valence-electron chi connectivity index (χ1n) is 13.3. The van der Waals surface area contributed by atoms with E-state index in [0.717, 1.165) is 24.8 Å². The lowest BCUT2D eigenvalue weighted by Crippen LogP contribution is -2.55. The van der Waals surface area contributed by atoms with Crippen LogP contribution in [-0.2, 0) is 21.0 Å². The summed E-state index contributed by atoms with van der Waals surface area (Å²) in [5.41, 5.74) is 2.62. The number of hydrogen-bond acceptors (Lipinski definition) is 6. The molecule has 1 rings (SSSR count). The van der Waals surface area contributed by atoms with E-state index in [1.165, 1.54) is 19.3 Å². The molecule has 36 heavy (non-hydrogen) atoms. The summed E-state index contributed by atoms with van der Waals surface area (Å²) in [4.78, 5) is 31.2. The molecule has 0 aromatic heterocycles. The Balaban J connectivity index is 2.82. The van der Waals surface area contributed by atoms with Gasteiger partial charge >= 0.3 is 0 Å². The standard InChI is InChI=1S/C28H48N2O6/c1-5-6-7-8-9-10-14-17-22(26(34)29-25(28(2,3)4)23(32)18-19-31)24(33)27(35)30-36-20-21-15-12-11-13-16-21/h11-13,15-16,22-25,31-33H,5-10,14,17-20H2,1-4H3,(H,29,34)(H,30,35)/t22-,23-,24+,25-/m1/s1. The summed E-state index contributed by atoms with van der Waals surface area (Å²) in [6, 6.07) is 8.64. The van der Waals surface area contributed by atoms with E-state index in [1.807, 2.05) is 51.1 Å². The van der Waals surface area contributed by atoms with Gasteiger partial charge in [-0.05, 0) is 23.8 Å². The van der Waals surface area contributed by atoms with Crippen LogP contribution in [0.4, 0.5) is 0 Å². The summed E-state index contributed by atoms with van der Waals surface area (Å²) in [5.74, 6) is -2.27. The number of carbonyl (C=O) groups excluding carboxylic acids is 2. The summed E-state index contributed by atoms with van der Waals surface area (Å²) in [7, 11) is 0. The van der Waals surface area contributed by atoms with Crippen molar-refractivity contribution in [2.24, 2.45) is 11.3 Å². The maximum Gasteiger partial charge on any atom is 0.273 e. The predicted octanol–water partition coefficient (Wildman–Crippen LogP) is 3.63. The van der Waals surface area contributed by atoms with Crippen LogP contribution in [0.3, 0.4) is 0 Å². The van der Waals surface area contributed by atoms with E-state index in [9.17, 15) is 24.9 Å². The molecule has 1 aromatic carbocycles. The maximum absolute atomic E-state index is 13.3. The molecule has 0 aliphatic carbocycles. The molecular formula is C28H48N2O6. The number of aliphatic hydroxyl groups is 3. The summed E-state index contributed by atoms with van der Waals surface area (Å²) < 4.78 is 0. The van der Waals surface area contributed by atoms with Gasteiger partial charge in [0.15, 0.2) is 0 Å². The second-order valence-corrected chi connectivity index (χ2v) is 10.6. The predicted molar refractivity (Wildman–Crippen MR) is 141 cm³/mol. The minimum Gasteiger partial charge on any atom is -0.396 e. The fraction of sp³-hybridized carbons (Fsp3) is 0.714. The zero-order valence-electron chi connectivity index (χ0n) is 22.5. The molecule has 0 aliphatic rings. The van der Waals surface area contributed by atoms with E-state index in [-0.39, 0.29) is 19.6 Å². The first-order valence-corrected chi connectivity index (χ1v) is 13.3. The van der Waals surface area contributed by atoms with E-state index < -0.39 is 41.4 Å². The number of nitrogens with one attached hydrogen (secondary N) is 2. The van der Waals surface area contributed by atoms with E-state index in [2.05, 4.69) is 17.7 Å². The highest BCUT2D eigenvalue weighted by atomic mass is 16.7. The number of amides is 2. The van der Waals surface area contributed by atoms with Crippen LogP contribution in [0, 0.1) is 11.3 Å². The van der Waals surface area contributed by atoms with Crippen molar-refractivity contribution >= 4 is 11.8 Å². The Bertz CT molecular complexity index is 737. The summed E-state index contributed by atoms with van der Waals surface area (Å²) in [6.45, 7) is 7.73. The average Bonchev–Trinajstić information content (AvgIpc) is 2.83. The molecular weight excluding hydrogens is 460 g/mol. The molecule has 0 unspecified atom stereocenters. The van der Waals surface area contributed by atoms with Crippen LogP contribution >= 0.6 is 0 Å². The van der Waals surface area contributed by atoms with Gasteiger partial charge in [0.05, 0.1) is 24.7 Å². The Morgan fingerprint density at radius 1 is 0.917 bits per heavy atom. The molecule has 5 N–H and O–H groups in total. The van der Waals surface area contributed by atoms with Gasteiger partial charge in [-0.15, -0.1) is 0 Å². The summed E-state index contributed by atoms with van der Waals surface area (Å²) >= 11 is 0. The van der Waals surface area contributed by atoms with Crippen LogP contribution in [0.25, 0.3) is 0 Å². The Hall–Kier alpha value is -2.00. The molecule has 0 bridgehead atoms. The monoisotopic (exact) mass is 508 g/mol. The van der Waals surface area contributed by atoms with Crippen LogP contribution in [0.2, 0.25) is 0 Å². The fourth-order valence-electron chi connectivity index (χ4n) is 4.21. The van der Waals surface area contributed by atoms with Crippen molar-refractivity contribution in [3.63, 3.8) is 0 Å². The van der Waals surface area contributed by atoms with Crippen molar-refractivity contribution < 1.29 is 29.7 Å². The highest BCUT2D eigenvalue weighted by Gasteiger charge is 2.37. The zero-order valence-corrected chi connectivity index (χ0v) is 22.5. The lowest BCUT2D eigenvalue weighted by atomic mass is 9.81. The topological polar surface area (TPSA) is 128 Å². The Morgan fingerprint density at radius 3 is 2.11 bits per heavy atom. The van der Waals surface area contributed by atoms with E-state index >= 15 is 0 Å². The largest absolute Gasteiger partial charge is 0.396 e. The number of aliphatic hydroxyl groups excluding tert-OH is 3. The van der Waals surface area contributed by atoms with Crippen molar-refractivity contribution in [1.29, 1.82) is 0 Å². The Kier molecular flexibility index (Phi) is 15.5. The van der Waals surface area contributed by atoms with E-state index in [1.54, 1.807) is 0 Å². The highest BCUT2D eigenvalue weighted by molar-refractivity contribution is 5.88. The second-order valence-electron chi connectivity index (χ2n) is 10.6. The molecule has 4 atom stereocenters. The molecule has 8 heteroatoms. The van der Waals surface area contributed by atoms with E-state index in [4.69, 9.17) is 4.84 Å². The van der Waals surface area contributed by atoms with Crippen LogP contribution in [0.15, 0.2) is 30.3 Å². The van der Waals surface area contributed by atoms with Gasteiger partial charge in [-0.2, -0.15) is 0 Å². The minimum absolute atomic E-state index is 0.112. The molecule has 0 spiro atoms. The smallest absolute Gasteiger partial charge is 0.273 e. The summed E-state index contributed by atoms with van der Waals surface area (Å²) in [6.07, 6.45) is 5.21. The zero-order chi connectivity index (χ0) is 27.0. The van der Waals surface area contributed by atoms with Gasteiger partial charge in [-0.3, -0.25) is 14.4 Å². The number of unbranched alkanes of at least 4 members (excludes halogenated alkanes) is 6. The third kappa shape index (κ3) is 12.3. The first kappa shape index (κ1) is 32.0. The quantitative estimate of drug-likeness (QED) is 0.152. The fourth-order valence-corrected chi connectivity index (χ4v) is 4.21. The van der Waals surface area contributed by atoms with Gasteiger partial charge in [0.1, 0.15) is 6.10 Å². The third-order valence-corrected chi connectivity index (χ3v) is 6.40. The van der Waals surface area contributed by atoms with Crippen molar-refractivity contribution in [2.45, 2.75) is 110 Å². The van der Waals surface area contributed by atoms with Gasteiger partial charge in [-0.25, -0.2) is 5.48 Å². The van der Waals surface area contributed by atoms with Gasteiger partial charge in [0.25, 0.3) is 5.91 Å². The molecule has 8 nitrogen and oxygen atoms in total. The Morgan fingerprint density at radius 2 is 1.53 bits per heavy atom. The highest BCUT2D eigenvalue weighted by Crippen LogP contribution is 2.25. The molecule has 0 saturated heterocycles. The lowest BCUT2D eigenvalue weighted by molar-refractivity contribution is -0.151. The van der Waals surface area contributed by atoms with Crippen molar-refractivity contribution in [2.75, 3.05) is 6.61 Å². The normalized spacial score (nSPS) is 15.1. The van der Waals surface area contributed by atoms with Crippen molar-refractivity contribution in [3.8, 4) is 0 Å². The van der Waals surface area contributed by atoms with Crippen molar-refractivity contribution in [3.05, 3.63) is 35.9 Å². The second kappa shape index (κ2) is 17.5. The number of hydroxylamine groups is 1. The number of carbonyl (C=O) groups is 2. The van der Waals surface area contributed by atoms with Crippen LogP contribution in [0.5, 0.6) is 0 Å². The maximum atomic E-state index is 13.3. The minimum atomic E-state index is -1.60. The number of hydrogen-bond donors (Lipinski definition) is 5. The van der Waals surface area contributed by atoms with Gasteiger partial charge in [0, 0.05) is 6.61 Å². The van der Waals surface area contributed by atoms with Crippen LogP contribution in [0.1, 0.15) is 91.0 Å². The molecule has 0 radical (unpaired) electrons. The third-order valence-electron chi connectivity index (χ3n) is 6.40.